The van der Waals surface area contributed by atoms with Gasteiger partial charge in [-0.2, -0.15) is 9.29 Å². The van der Waals surface area contributed by atoms with Crippen molar-refractivity contribution in [2.24, 2.45) is 11.1 Å². The van der Waals surface area contributed by atoms with Gasteiger partial charge in [-0.1, -0.05) is 24.3 Å². The number of nitrogens with two attached hydrogens (primary N) is 1. The number of carbonyl (C=O) groups excluding carboxylic acids is 1. The molecule has 1 amide bonds. The largest absolute Gasteiger partial charge is 0.489 e. The molecule has 4 saturated heterocycles. The van der Waals surface area contributed by atoms with Crippen LogP contribution >= 0.6 is 0 Å². The molecule has 1 saturated carbocycles. The number of H-pyrrole nitrogens is 1. The number of ether oxygens (including phenoxy) is 4. The number of benzene rings is 3. The SMILES string of the molecule is Cc1ccccc1[C@@H]1COCCN1C1CC2(CCN(c3ccc(C(N)=O)c(N4c5cc6cc[nH]c6nc5O[C@H]5COCC[C@@H]54)c3S(=O)(=O)c3cc4c(c([N+](=O)[O-])c3)N[C@H](CN3CCN(S(=O)(=O)C(C)C)CC3)CO4)CC2)C1. The van der Waals surface area contributed by atoms with Crippen molar-refractivity contribution in [3.63, 3.8) is 0 Å². The minimum Gasteiger partial charge on any atom is -0.489 e. The Morgan fingerprint density at radius 1 is 0.922 bits per heavy atom. The van der Waals surface area contributed by atoms with E-state index in [4.69, 9.17) is 29.7 Å². The standard InChI is InChI=1S/C54H66N10O11S2/c1-33(2)77(70,71)61-19-17-59(18-20-61)29-36-30-74-46-26-38(25-43(64(66)67)48(46)57-36)76(68,69)50-42(60-15-12-54(13-16-60)27-37(28-54)62-21-23-73-31-45(62)39-7-5-4-6-34(39)3)9-8-40(51(55)65)49(50)63-41-11-22-72-32-47(41)75-53-44(63)24-35-10-14-56-52(35)58-53/h4-10,14,24-26,33,36-37,41,45,47,57H,11-13,15-23,27-32H2,1-3H3,(H2,55,65)(H,56,58)/t36-,41+,45+,47+/m1/s1. The highest BCUT2D eigenvalue weighted by atomic mass is 32.2. The Hall–Kier alpha value is -6.08. The van der Waals surface area contributed by atoms with Gasteiger partial charge in [-0.25, -0.2) is 16.8 Å². The lowest BCUT2D eigenvalue weighted by atomic mass is 9.59. The highest BCUT2D eigenvalue weighted by molar-refractivity contribution is 7.92. The summed E-state index contributed by atoms with van der Waals surface area (Å²) in [7, 11) is -8.26. The van der Waals surface area contributed by atoms with Gasteiger partial charge in [-0.15, -0.1) is 0 Å². The number of nitro benzene ring substituents is 1. The van der Waals surface area contributed by atoms with Crippen molar-refractivity contribution in [3.8, 4) is 11.6 Å². The van der Waals surface area contributed by atoms with Crippen LogP contribution in [0.1, 0.15) is 73.5 Å². The van der Waals surface area contributed by atoms with E-state index in [-0.39, 0.29) is 58.1 Å². The van der Waals surface area contributed by atoms with Crippen LogP contribution in [0, 0.1) is 22.5 Å². The van der Waals surface area contributed by atoms with E-state index in [9.17, 15) is 23.3 Å². The number of piperidine rings is 1. The minimum atomic E-state index is -4.84. The molecule has 77 heavy (non-hydrogen) atoms. The zero-order chi connectivity index (χ0) is 53.5. The fourth-order valence-corrected chi connectivity index (χ4v) is 16.1. The summed E-state index contributed by atoms with van der Waals surface area (Å²) in [5.41, 5.74) is 9.72. The lowest BCUT2D eigenvalue weighted by Gasteiger charge is -2.57. The molecule has 1 spiro atoms. The maximum atomic E-state index is 16.2. The average Bonchev–Trinajstić information content (AvgIpc) is 3.91. The summed E-state index contributed by atoms with van der Waals surface area (Å²) in [5.74, 6) is -0.666. The van der Waals surface area contributed by atoms with Crippen LogP contribution in [0.3, 0.4) is 0 Å². The van der Waals surface area contributed by atoms with Crippen molar-refractivity contribution in [3.05, 3.63) is 93.7 Å². The van der Waals surface area contributed by atoms with Gasteiger partial charge in [0.25, 0.3) is 11.6 Å². The van der Waals surface area contributed by atoms with Crippen molar-refractivity contribution in [1.82, 2.24) is 24.1 Å². The molecule has 8 heterocycles. The van der Waals surface area contributed by atoms with Gasteiger partial charge in [0.1, 0.15) is 28.9 Å². The summed E-state index contributed by atoms with van der Waals surface area (Å²) >= 11 is 0. The number of sulfonamides is 1. The average molecular weight is 1100 g/mol. The lowest BCUT2D eigenvalue weighted by Crippen LogP contribution is -2.58. The highest BCUT2D eigenvalue weighted by Gasteiger charge is 2.51. The summed E-state index contributed by atoms with van der Waals surface area (Å²) in [5, 5.41) is 16.6. The van der Waals surface area contributed by atoms with Crippen LogP contribution in [-0.2, 0) is 29.3 Å². The van der Waals surface area contributed by atoms with Gasteiger partial charge in [0, 0.05) is 88.7 Å². The number of fused-ring (bicyclic) bond motifs is 4. The van der Waals surface area contributed by atoms with Crippen LogP contribution < -0.4 is 30.3 Å². The van der Waals surface area contributed by atoms with E-state index in [0.29, 0.717) is 95.1 Å². The third-order valence-corrected chi connectivity index (χ3v) is 21.4. The smallest absolute Gasteiger partial charge is 0.297 e. The number of aryl methyl sites for hydroxylation is 1. The Labute approximate surface area is 448 Å². The fourth-order valence-electron chi connectivity index (χ4n) is 13.1. The number of amides is 1. The molecule has 4 N–H and O–H groups in total. The molecule has 0 unspecified atom stereocenters. The van der Waals surface area contributed by atoms with E-state index < -0.39 is 64.7 Å². The second-order valence-corrected chi connectivity index (χ2v) is 26.5. The third-order valence-electron chi connectivity index (χ3n) is 17.3. The van der Waals surface area contributed by atoms with Crippen molar-refractivity contribution in [2.45, 2.75) is 98.2 Å². The molecule has 23 heteroatoms. The first kappa shape index (κ1) is 51.7. The van der Waals surface area contributed by atoms with Crippen LogP contribution in [0.4, 0.5) is 28.4 Å². The molecule has 6 aliphatic heterocycles. The summed E-state index contributed by atoms with van der Waals surface area (Å²) < 4.78 is 84.5. The number of anilines is 4. The number of nitrogens with one attached hydrogen (secondary N) is 2. The minimum absolute atomic E-state index is 0.0133. The van der Waals surface area contributed by atoms with E-state index >= 15 is 8.42 Å². The second-order valence-electron chi connectivity index (χ2n) is 22.1. The Bertz CT molecular complexity index is 3350. The van der Waals surface area contributed by atoms with Gasteiger partial charge in [0.2, 0.25) is 25.7 Å². The van der Waals surface area contributed by atoms with Crippen molar-refractivity contribution in [2.75, 3.05) is 101 Å². The van der Waals surface area contributed by atoms with Crippen LogP contribution in [-0.4, -0.2) is 167 Å². The predicted octanol–water partition coefficient (Wildman–Crippen LogP) is 5.75. The number of pyridine rings is 1. The van der Waals surface area contributed by atoms with Crippen molar-refractivity contribution in [1.29, 1.82) is 0 Å². The second kappa shape index (κ2) is 20.0. The van der Waals surface area contributed by atoms with Crippen LogP contribution in [0.2, 0.25) is 0 Å². The van der Waals surface area contributed by atoms with E-state index in [1.54, 1.807) is 32.2 Å². The molecular weight excluding hydrogens is 1030 g/mol. The summed E-state index contributed by atoms with van der Waals surface area (Å²) in [6.07, 6.45) is 5.12. The first-order valence-electron chi connectivity index (χ1n) is 26.8. The molecule has 5 fully saturated rings. The number of hydrogen-bond acceptors (Lipinski definition) is 17. The lowest BCUT2D eigenvalue weighted by molar-refractivity contribution is -0.384. The van der Waals surface area contributed by atoms with Crippen molar-refractivity contribution < 1.29 is 45.5 Å². The molecule has 0 radical (unpaired) electrons. The normalized spacial score (nSPS) is 24.3. The summed E-state index contributed by atoms with van der Waals surface area (Å²) in [4.78, 5) is 42.5. The number of aromatic nitrogens is 2. The van der Waals surface area contributed by atoms with Gasteiger partial charge in [-0.3, -0.25) is 24.7 Å². The molecule has 21 nitrogen and oxygen atoms in total. The molecule has 12 rings (SSSR count). The quantitative estimate of drug-likeness (QED) is 0.0994. The number of nitro groups is 1. The number of aromatic amines is 1. The number of nitrogens with zero attached hydrogens (tertiary/aromatic N) is 7. The Balaban J connectivity index is 0.911. The Morgan fingerprint density at radius 3 is 2.43 bits per heavy atom. The van der Waals surface area contributed by atoms with Gasteiger partial charge in [0.05, 0.1) is 70.0 Å². The first-order valence-corrected chi connectivity index (χ1v) is 29.8. The molecular formula is C54H66N10O11S2. The topological polar surface area (TPSA) is 248 Å². The van der Waals surface area contributed by atoms with E-state index in [2.05, 4.69) is 56.2 Å². The number of morpholine rings is 1. The number of piperazine rings is 1. The summed E-state index contributed by atoms with van der Waals surface area (Å²) in [6, 6.07) is 17.4. The van der Waals surface area contributed by atoms with Gasteiger partial charge in [0.15, 0.2) is 11.4 Å². The number of hydrogen-bond donors (Lipinski definition) is 3. The van der Waals surface area contributed by atoms with E-state index in [0.717, 1.165) is 43.7 Å². The van der Waals surface area contributed by atoms with Gasteiger partial charge in [-0.05, 0) is 93.7 Å². The van der Waals surface area contributed by atoms with Crippen LogP contribution in [0.5, 0.6) is 11.6 Å². The van der Waals surface area contributed by atoms with Crippen LogP contribution in [0.25, 0.3) is 11.0 Å². The Morgan fingerprint density at radius 2 is 1.69 bits per heavy atom. The molecule has 1 aliphatic carbocycles. The number of rotatable bonds is 12. The van der Waals surface area contributed by atoms with Crippen molar-refractivity contribution >= 4 is 65.2 Å². The predicted molar refractivity (Wildman–Crippen MR) is 289 cm³/mol. The third kappa shape index (κ3) is 9.23. The fraction of sp³-hybridized carbons (Fsp3) is 0.519. The van der Waals surface area contributed by atoms with Gasteiger partial charge < -0.3 is 44.8 Å². The number of primary amides is 1. The van der Waals surface area contributed by atoms with E-state index in [1.807, 2.05) is 17.0 Å². The number of carbonyl (C=O) groups is 1. The molecule has 4 atom stereocenters. The zero-order valence-corrected chi connectivity index (χ0v) is 45.2. The number of sulfone groups is 1. The monoisotopic (exact) mass is 1090 g/mol. The molecule has 7 aliphatic rings. The Kier molecular flexibility index (Phi) is 13.4. The molecule has 3 aromatic carbocycles. The maximum Gasteiger partial charge on any atom is 0.297 e. The van der Waals surface area contributed by atoms with Gasteiger partial charge >= 0.3 is 0 Å². The highest BCUT2D eigenvalue weighted by Crippen LogP contribution is 2.56. The molecule has 410 valence electrons. The molecule has 5 aromatic rings. The maximum absolute atomic E-state index is 16.2. The molecule has 2 aromatic heterocycles. The molecule has 0 bridgehead atoms. The summed E-state index contributed by atoms with van der Waals surface area (Å²) in [6.45, 7) is 11.2. The zero-order valence-electron chi connectivity index (χ0n) is 43.6. The van der Waals surface area contributed by atoms with Crippen LogP contribution in [0.15, 0.2) is 76.7 Å². The first-order chi connectivity index (χ1) is 37.0. The van der Waals surface area contributed by atoms with E-state index in [1.165, 1.54) is 21.5 Å².